The number of carbonyl (C=O) groups is 2. The zero-order valence-corrected chi connectivity index (χ0v) is 13.9. The summed E-state index contributed by atoms with van der Waals surface area (Å²) >= 11 is 0. The lowest BCUT2D eigenvalue weighted by molar-refractivity contribution is -0.137. The van der Waals surface area contributed by atoms with Crippen molar-refractivity contribution in [3.63, 3.8) is 0 Å². The number of anilines is 1. The molecule has 0 saturated carbocycles. The highest BCUT2D eigenvalue weighted by molar-refractivity contribution is 5.89. The molecule has 7 nitrogen and oxygen atoms in total. The van der Waals surface area contributed by atoms with Crippen molar-refractivity contribution in [2.24, 2.45) is 7.05 Å². The fourth-order valence-electron chi connectivity index (χ4n) is 2.46. The number of amides is 2. The number of urea groups is 1. The Morgan fingerprint density at radius 1 is 1.16 bits per heavy atom. The number of rotatable bonds is 7. The Kier molecular flexibility index (Phi) is 6.33. The fourth-order valence-corrected chi connectivity index (χ4v) is 2.46. The SMILES string of the molecule is Cn1cccc(NC(=O)NC(CCC(=O)O)Cc2ccccc2)c1=O. The predicted molar refractivity (Wildman–Crippen MR) is 94.6 cm³/mol. The molecule has 2 rings (SSSR count). The van der Waals surface area contributed by atoms with Gasteiger partial charge in [-0.2, -0.15) is 0 Å². The fraction of sp³-hybridized carbons (Fsp3) is 0.278. The number of nitrogens with one attached hydrogen (secondary N) is 2. The lowest BCUT2D eigenvalue weighted by Gasteiger charge is -2.18. The van der Waals surface area contributed by atoms with Crippen molar-refractivity contribution < 1.29 is 14.7 Å². The van der Waals surface area contributed by atoms with Crippen molar-refractivity contribution >= 4 is 17.7 Å². The highest BCUT2D eigenvalue weighted by Crippen LogP contribution is 2.08. The number of aromatic nitrogens is 1. The third-order valence-corrected chi connectivity index (χ3v) is 3.74. The average Bonchev–Trinajstić information content (AvgIpc) is 2.58. The average molecular weight is 343 g/mol. The lowest BCUT2D eigenvalue weighted by Crippen LogP contribution is -2.40. The van der Waals surface area contributed by atoms with Crippen LogP contribution in [-0.2, 0) is 18.3 Å². The van der Waals surface area contributed by atoms with Gasteiger partial charge < -0.3 is 20.3 Å². The second-order valence-corrected chi connectivity index (χ2v) is 5.76. The number of hydrogen-bond acceptors (Lipinski definition) is 3. The van der Waals surface area contributed by atoms with Crippen molar-refractivity contribution in [3.8, 4) is 0 Å². The van der Waals surface area contributed by atoms with Crippen molar-refractivity contribution in [2.75, 3.05) is 5.32 Å². The molecule has 2 amide bonds. The molecule has 1 heterocycles. The van der Waals surface area contributed by atoms with Gasteiger partial charge in [-0.25, -0.2) is 4.79 Å². The normalized spacial score (nSPS) is 11.6. The summed E-state index contributed by atoms with van der Waals surface area (Å²) in [6.07, 6.45) is 2.35. The minimum atomic E-state index is -0.919. The maximum absolute atomic E-state index is 12.2. The standard InChI is InChI=1S/C18H21N3O4/c1-21-11-5-8-15(17(21)24)20-18(25)19-14(9-10-16(22)23)12-13-6-3-2-4-7-13/h2-8,11,14H,9-10,12H2,1H3,(H,22,23)(H2,19,20,25). The Labute approximate surface area is 145 Å². The first-order chi connectivity index (χ1) is 12.0. The number of pyridine rings is 1. The highest BCUT2D eigenvalue weighted by Gasteiger charge is 2.15. The molecule has 0 aliphatic heterocycles. The van der Waals surface area contributed by atoms with Crippen LogP contribution in [0, 0.1) is 0 Å². The Morgan fingerprint density at radius 2 is 1.88 bits per heavy atom. The van der Waals surface area contributed by atoms with E-state index in [4.69, 9.17) is 5.11 Å². The van der Waals surface area contributed by atoms with E-state index in [9.17, 15) is 14.4 Å². The van der Waals surface area contributed by atoms with Gasteiger partial charge in [-0.1, -0.05) is 30.3 Å². The number of hydrogen-bond donors (Lipinski definition) is 3. The van der Waals surface area contributed by atoms with Crippen molar-refractivity contribution in [1.82, 2.24) is 9.88 Å². The number of carboxylic acid groups (broad SMARTS) is 1. The van der Waals surface area contributed by atoms with E-state index in [0.717, 1.165) is 5.56 Å². The number of aliphatic carboxylic acids is 1. The molecule has 0 fully saturated rings. The summed E-state index contributed by atoms with van der Waals surface area (Å²) in [7, 11) is 1.59. The molecule has 0 saturated heterocycles. The summed E-state index contributed by atoms with van der Waals surface area (Å²) in [5, 5.41) is 14.2. The smallest absolute Gasteiger partial charge is 0.319 e. The molecule has 0 bridgehead atoms. The molecule has 25 heavy (non-hydrogen) atoms. The van der Waals surface area contributed by atoms with E-state index in [1.807, 2.05) is 30.3 Å². The lowest BCUT2D eigenvalue weighted by atomic mass is 10.0. The molecule has 1 unspecified atom stereocenters. The van der Waals surface area contributed by atoms with Crippen LogP contribution in [0.2, 0.25) is 0 Å². The zero-order chi connectivity index (χ0) is 18.2. The molecule has 7 heteroatoms. The van der Waals surface area contributed by atoms with Gasteiger partial charge in [0.1, 0.15) is 5.69 Å². The first-order valence-corrected chi connectivity index (χ1v) is 7.94. The van der Waals surface area contributed by atoms with Crippen LogP contribution in [0.3, 0.4) is 0 Å². The van der Waals surface area contributed by atoms with E-state index in [0.29, 0.717) is 12.8 Å². The third-order valence-electron chi connectivity index (χ3n) is 3.74. The van der Waals surface area contributed by atoms with Crippen molar-refractivity contribution in [3.05, 3.63) is 64.6 Å². The maximum Gasteiger partial charge on any atom is 0.319 e. The Morgan fingerprint density at radius 3 is 2.56 bits per heavy atom. The summed E-state index contributed by atoms with van der Waals surface area (Å²) in [4.78, 5) is 35.0. The van der Waals surface area contributed by atoms with Gasteiger partial charge in [0.2, 0.25) is 0 Å². The van der Waals surface area contributed by atoms with Gasteiger partial charge in [-0.3, -0.25) is 9.59 Å². The van der Waals surface area contributed by atoms with Crippen LogP contribution in [0.15, 0.2) is 53.5 Å². The number of aryl methyl sites for hydroxylation is 1. The van der Waals surface area contributed by atoms with E-state index < -0.39 is 12.0 Å². The van der Waals surface area contributed by atoms with Crippen LogP contribution < -0.4 is 16.2 Å². The maximum atomic E-state index is 12.2. The van der Waals surface area contributed by atoms with Crippen LogP contribution >= 0.6 is 0 Å². The molecule has 1 atom stereocenters. The molecule has 2 aromatic rings. The first-order valence-electron chi connectivity index (χ1n) is 7.94. The largest absolute Gasteiger partial charge is 0.481 e. The molecular formula is C18H21N3O4. The van der Waals surface area contributed by atoms with E-state index in [1.54, 1.807) is 19.3 Å². The molecule has 132 valence electrons. The van der Waals surface area contributed by atoms with Gasteiger partial charge in [0.15, 0.2) is 0 Å². The Hall–Kier alpha value is -3.09. The van der Waals surface area contributed by atoms with E-state index >= 15 is 0 Å². The van der Waals surface area contributed by atoms with Crippen LogP contribution in [0.5, 0.6) is 0 Å². The number of benzene rings is 1. The van der Waals surface area contributed by atoms with E-state index in [-0.39, 0.29) is 23.7 Å². The number of carboxylic acids is 1. The minimum absolute atomic E-state index is 0.0507. The van der Waals surface area contributed by atoms with Crippen LogP contribution in [0.4, 0.5) is 10.5 Å². The molecule has 1 aromatic carbocycles. The minimum Gasteiger partial charge on any atom is -0.481 e. The second-order valence-electron chi connectivity index (χ2n) is 5.76. The number of nitrogens with zero attached hydrogens (tertiary/aromatic N) is 1. The summed E-state index contributed by atoms with van der Waals surface area (Å²) in [5.41, 5.74) is 0.843. The monoisotopic (exact) mass is 343 g/mol. The molecular weight excluding hydrogens is 322 g/mol. The van der Waals surface area contributed by atoms with E-state index in [1.165, 1.54) is 10.6 Å². The van der Waals surface area contributed by atoms with E-state index in [2.05, 4.69) is 10.6 Å². The summed E-state index contributed by atoms with van der Waals surface area (Å²) in [6, 6.07) is 11.8. The Balaban J connectivity index is 2.04. The summed E-state index contributed by atoms with van der Waals surface area (Å²) in [5.74, 6) is -0.919. The van der Waals surface area contributed by atoms with Gasteiger partial charge in [0.05, 0.1) is 0 Å². The predicted octanol–water partition coefficient (Wildman–Crippen LogP) is 1.98. The third kappa shape index (κ3) is 5.80. The highest BCUT2D eigenvalue weighted by atomic mass is 16.4. The van der Waals surface area contributed by atoms with Gasteiger partial charge in [-0.05, 0) is 30.5 Å². The van der Waals surface area contributed by atoms with Gasteiger partial charge in [0.25, 0.3) is 5.56 Å². The molecule has 0 radical (unpaired) electrons. The topological polar surface area (TPSA) is 100 Å². The van der Waals surface area contributed by atoms with Crippen LogP contribution in [0.1, 0.15) is 18.4 Å². The Bertz CT molecular complexity index is 786. The molecule has 1 aromatic heterocycles. The van der Waals surface area contributed by atoms with Crippen LogP contribution in [-0.4, -0.2) is 27.7 Å². The van der Waals surface area contributed by atoms with Gasteiger partial charge in [-0.15, -0.1) is 0 Å². The first kappa shape index (κ1) is 18.3. The molecule has 0 aliphatic rings. The summed E-state index contributed by atoms with van der Waals surface area (Å²) < 4.78 is 1.36. The molecule has 3 N–H and O–H groups in total. The quantitative estimate of drug-likeness (QED) is 0.715. The second kappa shape index (κ2) is 8.68. The summed E-state index contributed by atoms with van der Waals surface area (Å²) in [6.45, 7) is 0. The number of carbonyl (C=O) groups excluding carboxylic acids is 1. The zero-order valence-electron chi connectivity index (χ0n) is 13.9. The molecule has 0 spiro atoms. The molecule has 0 aliphatic carbocycles. The van der Waals surface area contributed by atoms with Crippen LogP contribution in [0.25, 0.3) is 0 Å². The van der Waals surface area contributed by atoms with Crippen molar-refractivity contribution in [1.29, 1.82) is 0 Å². The van der Waals surface area contributed by atoms with Gasteiger partial charge in [0, 0.05) is 25.7 Å². The van der Waals surface area contributed by atoms with Gasteiger partial charge >= 0.3 is 12.0 Å². The van der Waals surface area contributed by atoms with Crippen molar-refractivity contribution in [2.45, 2.75) is 25.3 Å².